The summed E-state index contributed by atoms with van der Waals surface area (Å²) < 4.78 is 0. The third kappa shape index (κ3) is 1.66. The number of carbonyl (C=O) groups is 1. The van der Waals surface area contributed by atoms with E-state index >= 15 is 0 Å². The molecule has 1 aliphatic carbocycles. The maximum absolute atomic E-state index is 10.7. The summed E-state index contributed by atoms with van der Waals surface area (Å²) in [5.74, 6) is 0.908. The van der Waals surface area contributed by atoms with Gasteiger partial charge in [0.2, 0.25) is 0 Å². The predicted molar refractivity (Wildman–Crippen MR) is 66.8 cm³/mol. The minimum Gasteiger partial charge on any atom is -0.465 e. The summed E-state index contributed by atoms with van der Waals surface area (Å²) >= 11 is 5.93. The second kappa shape index (κ2) is 4.10. The lowest BCUT2D eigenvalue weighted by atomic mass is 9.95. The van der Waals surface area contributed by atoms with E-state index in [1.165, 1.54) is 0 Å². The Balaban J connectivity index is 1.90. The van der Waals surface area contributed by atoms with Gasteiger partial charge < -0.3 is 15.7 Å². The Morgan fingerprint density at radius 2 is 2.28 bits per heavy atom. The van der Waals surface area contributed by atoms with Crippen molar-refractivity contribution in [1.29, 1.82) is 0 Å². The number of piperidine rings is 1. The predicted octanol–water partition coefficient (Wildman–Crippen LogP) is 1.09. The average Bonchev–Trinajstić information content (AvgIpc) is 2.70. The first kappa shape index (κ1) is 11.7. The summed E-state index contributed by atoms with van der Waals surface area (Å²) in [4.78, 5) is 15.1. The number of halogens is 1. The van der Waals surface area contributed by atoms with Gasteiger partial charge in [-0.3, -0.25) is 0 Å². The van der Waals surface area contributed by atoms with Crippen LogP contribution in [0.3, 0.4) is 0 Å². The van der Waals surface area contributed by atoms with Gasteiger partial charge in [0.15, 0.2) is 0 Å². The molecule has 2 aliphatic rings. The molecule has 18 heavy (non-hydrogen) atoms. The van der Waals surface area contributed by atoms with Crippen LogP contribution in [-0.4, -0.2) is 35.8 Å². The van der Waals surface area contributed by atoms with Gasteiger partial charge in [0, 0.05) is 12.0 Å². The Labute approximate surface area is 110 Å². The van der Waals surface area contributed by atoms with Gasteiger partial charge in [-0.05, 0) is 37.1 Å². The normalized spacial score (nSPS) is 32.9. The van der Waals surface area contributed by atoms with Crippen molar-refractivity contribution in [3.63, 3.8) is 0 Å². The highest BCUT2D eigenvalue weighted by atomic mass is 35.5. The number of nitrogens with one attached hydrogen (secondary N) is 2. The van der Waals surface area contributed by atoms with Gasteiger partial charge in [-0.15, -0.1) is 0 Å². The minimum atomic E-state index is -0.991. The van der Waals surface area contributed by atoms with Crippen molar-refractivity contribution < 1.29 is 9.90 Å². The first-order valence-corrected chi connectivity index (χ1v) is 6.33. The monoisotopic (exact) mass is 267 g/mol. The molecule has 3 N–H and O–H groups in total. The number of nitrogens with zero attached hydrogens (tertiary/aromatic N) is 1. The number of pyridine rings is 1. The molecule has 3 atom stereocenters. The number of aromatic nitrogens is 1. The number of rotatable bonds is 3. The highest BCUT2D eigenvalue weighted by Crippen LogP contribution is 2.60. The quantitative estimate of drug-likeness (QED) is 0.717. The van der Waals surface area contributed by atoms with Crippen LogP contribution in [0.1, 0.15) is 5.69 Å². The van der Waals surface area contributed by atoms with Crippen LogP contribution in [0.15, 0.2) is 18.2 Å². The van der Waals surface area contributed by atoms with Crippen LogP contribution in [0.5, 0.6) is 0 Å². The third-order valence-corrected chi connectivity index (χ3v) is 4.36. The fraction of sp³-hybridized carbons (Fsp3) is 0.500. The van der Waals surface area contributed by atoms with E-state index in [0.29, 0.717) is 23.5 Å². The fourth-order valence-corrected chi connectivity index (χ4v) is 3.43. The van der Waals surface area contributed by atoms with Crippen LogP contribution in [0.25, 0.3) is 0 Å². The van der Waals surface area contributed by atoms with Gasteiger partial charge in [-0.1, -0.05) is 17.7 Å². The molecule has 1 aromatic rings. The van der Waals surface area contributed by atoms with Crippen LogP contribution in [0.4, 0.5) is 4.79 Å². The minimum absolute atomic E-state index is 0.172. The number of hydrogen-bond donors (Lipinski definition) is 3. The molecule has 2 fully saturated rings. The van der Waals surface area contributed by atoms with Crippen LogP contribution in [0, 0.1) is 11.8 Å². The van der Waals surface area contributed by atoms with Crippen molar-refractivity contribution in [2.45, 2.75) is 5.41 Å². The average molecular weight is 268 g/mol. The summed E-state index contributed by atoms with van der Waals surface area (Å²) in [6.45, 7) is 2.24. The Morgan fingerprint density at radius 1 is 1.56 bits per heavy atom. The van der Waals surface area contributed by atoms with Gasteiger partial charge >= 0.3 is 6.09 Å². The molecule has 96 valence electrons. The lowest BCUT2D eigenvalue weighted by Gasteiger charge is -2.20. The number of hydrogen-bond acceptors (Lipinski definition) is 3. The van der Waals surface area contributed by atoms with Crippen molar-refractivity contribution in [2.75, 3.05) is 19.6 Å². The largest absolute Gasteiger partial charge is 0.465 e. The lowest BCUT2D eigenvalue weighted by molar-refractivity contribution is 0.192. The SMILES string of the molecule is O=C(O)NCC1(c2cccc(Cl)n2)[C@@H]2CNC[C@@H]21. The molecule has 0 spiro atoms. The van der Waals surface area contributed by atoms with Crippen LogP contribution in [-0.2, 0) is 5.41 Å². The zero-order chi connectivity index (χ0) is 12.8. The van der Waals surface area contributed by atoms with E-state index in [1.54, 1.807) is 6.07 Å². The van der Waals surface area contributed by atoms with Crippen molar-refractivity contribution in [3.05, 3.63) is 29.0 Å². The fourth-order valence-electron chi connectivity index (χ4n) is 3.27. The molecule has 1 aliphatic heterocycles. The second-order valence-corrected chi connectivity index (χ2v) is 5.30. The molecule has 6 heteroatoms. The van der Waals surface area contributed by atoms with E-state index in [0.717, 1.165) is 18.8 Å². The number of amides is 1. The summed E-state index contributed by atoms with van der Waals surface area (Å²) in [6.07, 6.45) is -0.991. The molecular weight excluding hydrogens is 254 g/mol. The molecule has 3 rings (SSSR count). The van der Waals surface area contributed by atoms with Gasteiger partial charge in [0.05, 0.1) is 5.69 Å². The molecule has 1 amide bonds. The molecule has 1 saturated carbocycles. The van der Waals surface area contributed by atoms with Gasteiger partial charge in [-0.2, -0.15) is 0 Å². The van der Waals surface area contributed by atoms with Crippen LogP contribution in [0.2, 0.25) is 5.15 Å². The zero-order valence-corrected chi connectivity index (χ0v) is 10.4. The Kier molecular flexibility index (Phi) is 2.68. The van der Waals surface area contributed by atoms with Gasteiger partial charge in [-0.25, -0.2) is 9.78 Å². The molecular formula is C12H14ClN3O2. The van der Waals surface area contributed by atoms with E-state index in [2.05, 4.69) is 15.6 Å². The number of carboxylic acid groups (broad SMARTS) is 1. The van der Waals surface area contributed by atoms with Crippen LogP contribution >= 0.6 is 11.6 Å². The molecule has 1 unspecified atom stereocenters. The third-order valence-electron chi connectivity index (χ3n) is 4.15. The van der Waals surface area contributed by atoms with E-state index in [4.69, 9.17) is 16.7 Å². The molecule has 5 nitrogen and oxygen atoms in total. The maximum Gasteiger partial charge on any atom is 0.404 e. The van der Waals surface area contributed by atoms with E-state index in [-0.39, 0.29) is 5.41 Å². The smallest absolute Gasteiger partial charge is 0.404 e. The molecule has 0 bridgehead atoms. The lowest BCUT2D eigenvalue weighted by Crippen LogP contribution is -2.37. The standard InChI is InChI=1S/C12H14ClN3O2/c13-10-3-1-2-9(16-10)12(6-15-11(17)18)7-4-14-5-8(7)12/h1-3,7-8,14-15H,4-6H2,(H,17,18)/t7-,8+,12?. The highest BCUT2D eigenvalue weighted by molar-refractivity contribution is 6.29. The molecule has 0 aromatic carbocycles. The Morgan fingerprint density at radius 3 is 2.89 bits per heavy atom. The van der Waals surface area contributed by atoms with Gasteiger partial charge in [0.1, 0.15) is 5.15 Å². The first-order chi connectivity index (χ1) is 8.64. The summed E-state index contributed by atoms with van der Waals surface area (Å²) in [5, 5.41) is 15.1. The first-order valence-electron chi connectivity index (χ1n) is 5.95. The molecule has 0 radical (unpaired) electrons. The summed E-state index contributed by atoms with van der Waals surface area (Å²) in [5.41, 5.74) is 0.731. The van der Waals surface area contributed by atoms with E-state index in [9.17, 15) is 4.79 Å². The second-order valence-electron chi connectivity index (χ2n) is 4.92. The zero-order valence-electron chi connectivity index (χ0n) is 9.69. The molecule has 1 aromatic heterocycles. The topological polar surface area (TPSA) is 74.2 Å². The summed E-state index contributed by atoms with van der Waals surface area (Å²) in [6, 6.07) is 5.54. The molecule has 2 heterocycles. The van der Waals surface area contributed by atoms with Crippen molar-refractivity contribution >= 4 is 17.7 Å². The van der Waals surface area contributed by atoms with Gasteiger partial charge in [0.25, 0.3) is 0 Å². The van der Waals surface area contributed by atoms with Crippen LogP contribution < -0.4 is 10.6 Å². The van der Waals surface area contributed by atoms with E-state index in [1.807, 2.05) is 12.1 Å². The maximum atomic E-state index is 10.7. The number of fused-ring (bicyclic) bond motifs is 1. The van der Waals surface area contributed by atoms with Crippen molar-refractivity contribution in [2.24, 2.45) is 11.8 Å². The Hall–Kier alpha value is -1.33. The highest BCUT2D eigenvalue weighted by Gasteiger charge is 2.67. The van der Waals surface area contributed by atoms with Crippen molar-refractivity contribution in [3.8, 4) is 0 Å². The molecule has 1 saturated heterocycles. The van der Waals surface area contributed by atoms with Crippen molar-refractivity contribution in [1.82, 2.24) is 15.6 Å². The Bertz CT molecular complexity index is 484. The summed E-state index contributed by atoms with van der Waals surface area (Å²) in [7, 11) is 0. The van der Waals surface area contributed by atoms with E-state index < -0.39 is 6.09 Å².